The summed E-state index contributed by atoms with van der Waals surface area (Å²) >= 11 is 1.14. The molecule has 2 aromatic rings. The zero-order valence-electron chi connectivity index (χ0n) is 12.3. The smallest absolute Gasteiger partial charge is 0.220 e. The fraction of sp³-hybridized carbons (Fsp3) is 0.188. The first-order valence-corrected chi connectivity index (χ1v) is 7.62. The highest BCUT2D eigenvalue weighted by molar-refractivity contribution is 7.99. The summed E-state index contributed by atoms with van der Waals surface area (Å²) in [5.74, 6) is -0.656. The molecular formula is C16H14NO5S-. The molecule has 0 fully saturated rings. The lowest BCUT2D eigenvalue weighted by molar-refractivity contribution is -0.479. The molecule has 1 unspecified atom stereocenters. The number of thioether (sulfide) groups is 1. The number of carboxylic acids is 1. The van der Waals surface area contributed by atoms with Crippen LogP contribution in [0.15, 0.2) is 53.4 Å². The molecule has 0 saturated carbocycles. The van der Waals surface area contributed by atoms with Gasteiger partial charge in [-0.15, -0.1) is 11.8 Å². The highest BCUT2D eigenvalue weighted by Gasteiger charge is 2.21. The summed E-state index contributed by atoms with van der Waals surface area (Å²) in [5, 5.41) is 21.6. The van der Waals surface area contributed by atoms with Gasteiger partial charge in [0.1, 0.15) is 5.75 Å². The quantitative estimate of drug-likeness (QED) is 0.438. The minimum absolute atomic E-state index is 0.0272. The number of methoxy groups -OCH3 is 1. The van der Waals surface area contributed by atoms with Crippen molar-refractivity contribution in [2.75, 3.05) is 13.7 Å². The molecule has 0 bridgehead atoms. The van der Waals surface area contributed by atoms with Crippen LogP contribution in [0.1, 0.15) is 21.2 Å². The molecule has 0 amide bonds. The van der Waals surface area contributed by atoms with Gasteiger partial charge in [0.2, 0.25) is 6.54 Å². The van der Waals surface area contributed by atoms with Crippen molar-refractivity contribution in [1.82, 2.24) is 0 Å². The zero-order valence-corrected chi connectivity index (χ0v) is 13.1. The van der Waals surface area contributed by atoms with Crippen molar-refractivity contribution in [1.29, 1.82) is 0 Å². The molecule has 23 heavy (non-hydrogen) atoms. The zero-order chi connectivity index (χ0) is 16.8. The van der Waals surface area contributed by atoms with E-state index in [9.17, 15) is 20.0 Å². The molecule has 2 aromatic carbocycles. The number of carbonyl (C=O) groups excluding carboxylic acids is 1. The number of nitrogens with zero attached hydrogens (tertiary/aromatic N) is 1. The molecule has 0 aliphatic heterocycles. The number of benzene rings is 2. The van der Waals surface area contributed by atoms with Gasteiger partial charge in [-0.2, -0.15) is 0 Å². The lowest BCUT2D eigenvalue weighted by atomic mass is 10.1. The predicted molar refractivity (Wildman–Crippen MR) is 84.2 cm³/mol. The lowest BCUT2D eigenvalue weighted by Gasteiger charge is -2.16. The molecule has 0 N–H and O–H groups in total. The number of ether oxygens (including phenoxy) is 1. The van der Waals surface area contributed by atoms with E-state index in [0.29, 0.717) is 10.6 Å². The van der Waals surface area contributed by atoms with E-state index in [-0.39, 0.29) is 12.1 Å². The highest BCUT2D eigenvalue weighted by Crippen LogP contribution is 2.37. The van der Waals surface area contributed by atoms with Crippen LogP contribution in [0.2, 0.25) is 0 Å². The van der Waals surface area contributed by atoms with Gasteiger partial charge in [-0.1, -0.05) is 30.3 Å². The fourth-order valence-corrected chi connectivity index (χ4v) is 3.29. The molecule has 1 atom stereocenters. The fourth-order valence-electron chi connectivity index (χ4n) is 2.06. The molecule has 0 aromatic heterocycles. The second-order valence-corrected chi connectivity index (χ2v) is 5.92. The van der Waals surface area contributed by atoms with Crippen LogP contribution in [0.3, 0.4) is 0 Å². The molecule has 0 spiro atoms. The Bertz CT molecular complexity index is 702. The minimum Gasteiger partial charge on any atom is -0.545 e. The van der Waals surface area contributed by atoms with Crippen molar-refractivity contribution in [2.45, 2.75) is 10.1 Å². The maximum Gasteiger partial charge on any atom is 0.220 e. The van der Waals surface area contributed by atoms with Crippen LogP contribution in [0.5, 0.6) is 5.75 Å². The van der Waals surface area contributed by atoms with Gasteiger partial charge >= 0.3 is 0 Å². The van der Waals surface area contributed by atoms with Crippen LogP contribution < -0.4 is 9.84 Å². The largest absolute Gasteiger partial charge is 0.545 e. The molecule has 0 saturated heterocycles. The first-order chi connectivity index (χ1) is 11.0. The molecule has 120 valence electrons. The number of carbonyl (C=O) groups is 1. The third-order valence-corrected chi connectivity index (χ3v) is 4.49. The van der Waals surface area contributed by atoms with Gasteiger partial charge in [0, 0.05) is 15.4 Å². The number of nitro groups is 1. The monoisotopic (exact) mass is 332 g/mol. The average Bonchev–Trinajstić information content (AvgIpc) is 2.54. The van der Waals surface area contributed by atoms with Gasteiger partial charge < -0.3 is 14.6 Å². The van der Waals surface area contributed by atoms with E-state index < -0.39 is 16.1 Å². The first kappa shape index (κ1) is 16.8. The number of hydrogen-bond donors (Lipinski definition) is 0. The van der Waals surface area contributed by atoms with E-state index in [0.717, 1.165) is 17.3 Å². The lowest BCUT2D eigenvalue weighted by Crippen LogP contribution is -2.23. The van der Waals surface area contributed by atoms with Crippen molar-refractivity contribution < 1.29 is 19.6 Å². The average molecular weight is 332 g/mol. The van der Waals surface area contributed by atoms with Gasteiger partial charge in [0.15, 0.2) is 0 Å². The molecule has 2 rings (SSSR count). The second-order valence-electron chi connectivity index (χ2n) is 4.68. The van der Waals surface area contributed by atoms with Crippen LogP contribution in [0.25, 0.3) is 0 Å². The van der Waals surface area contributed by atoms with Crippen LogP contribution in [-0.2, 0) is 0 Å². The van der Waals surface area contributed by atoms with Gasteiger partial charge in [-0.05, 0) is 23.8 Å². The van der Waals surface area contributed by atoms with Crippen LogP contribution in [0.4, 0.5) is 0 Å². The van der Waals surface area contributed by atoms with Crippen LogP contribution in [-0.4, -0.2) is 24.5 Å². The molecule has 0 aliphatic carbocycles. The van der Waals surface area contributed by atoms with Gasteiger partial charge in [-0.25, -0.2) is 0 Å². The number of carboxylic acid groups (broad SMARTS) is 1. The maximum absolute atomic E-state index is 11.2. The van der Waals surface area contributed by atoms with Crippen molar-refractivity contribution in [2.24, 2.45) is 0 Å². The van der Waals surface area contributed by atoms with Crippen molar-refractivity contribution in [3.8, 4) is 5.75 Å². The van der Waals surface area contributed by atoms with E-state index in [4.69, 9.17) is 4.74 Å². The minimum atomic E-state index is -1.30. The Hall–Kier alpha value is -2.54. The molecule has 0 aliphatic rings. The summed E-state index contributed by atoms with van der Waals surface area (Å²) in [6.45, 7) is -0.321. The summed E-state index contributed by atoms with van der Waals surface area (Å²) in [5.41, 5.74) is 0.750. The number of hydrogen-bond acceptors (Lipinski definition) is 6. The van der Waals surface area contributed by atoms with Crippen LogP contribution in [0, 0.1) is 10.1 Å². The predicted octanol–water partition coefficient (Wildman–Crippen LogP) is 2.17. The van der Waals surface area contributed by atoms with E-state index in [1.807, 2.05) is 0 Å². The standard InChI is InChI=1S/C16H15NO5S/c1-22-12-8-6-11(7-9-12)15(10-17(20)21)23-14-5-3-2-4-13(14)16(18)19/h2-9,15H,10H2,1H3,(H,18,19)/p-1. The molecule has 0 heterocycles. The molecular weight excluding hydrogens is 318 g/mol. The summed E-state index contributed by atoms with van der Waals surface area (Å²) in [7, 11) is 1.54. The van der Waals surface area contributed by atoms with E-state index in [1.54, 1.807) is 42.5 Å². The Labute approximate surface area is 137 Å². The Morgan fingerprint density at radius 1 is 1.22 bits per heavy atom. The van der Waals surface area contributed by atoms with E-state index in [2.05, 4.69) is 0 Å². The van der Waals surface area contributed by atoms with E-state index >= 15 is 0 Å². The molecule has 0 radical (unpaired) electrons. The number of aromatic carboxylic acids is 1. The van der Waals surface area contributed by atoms with Gasteiger partial charge in [-0.3, -0.25) is 10.1 Å². The van der Waals surface area contributed by atoms with Gasteiger partial charge in [0.25, 0.3) is 0 Å². The van der Waals surface area contributed by atoms with Crippen molar-refractivity contribution in [3.63, 3.8) is 0 Å². The Kier molecular flexibility index (Phi) is 5.59. The van der Waals surface area contributed by atoms with Gasteiger partial charge in [0.05, 0.1) is 18.3 Å². The third-order valence-electron chi connectivity index (χ3n) is 3.18. The SMILES string of the molecule is COc1ccc(C(C[N+](=O)[O-])Sc2ccccc2C(=O)[O-])cc1. The Morgan fingerprint density at radius 2 is 1.87 bits per heavy atom. The van der Waals surface area contributed by atoms with E-state index in [1.165, 1.54) is 13.2 Å². The summed E-state index contributed by atoms with van der Waals surface area (Å²) in [6, 6.07) is 13.2. The topological polar surface area (TPSA) is 92.5 Å². The van der Waals surface area contributed by atoms with Crippen molar-refractivity contribution >= 4 is 17.7 Å². The molecule has 6 nitrogen and oxygen atoms in total. The first-order valence-electron chi connectivity index (χ1n) is 6.74. The Balaban J connectivity index is 2.32. The molecule has 7 heteroatoms. The summed E-state index contributed by atoms with van der Waals surface area (Å²) in [4.78, 5) is 22.2. The summed E-state index contributed by atoms with van der Waals surface area (Å²) in [6.07, 6.45) is 0. The third kappa shape index (κ3) is 4.46. The Morgan fingerprint density at radius 3 is 2.43 bits per heavy atom. The number of rotatable bonds is 7. The van der Waals surface area contributed by atoms with Crippen LogP contribution >= 0.6 is 11.8 Å². The van der Waals surface area contributed by atoms with Crippen molar-refractivity contribution in [3.05, 3.63) is 69.8 Å². The normalized spacial score (nSPS) is 11.7. The second kappa shape index (κ2) is 7.64. The summed E-state index contributed by atoms with van der Waals surface area (Å²) < 4.78 is 5.07. The highest BCUT2D eigenvalue weighted by atomic mass is 32.2. The maximum atomic E-state index is 11.2.